The lowest BCUT2D eigenvalue weighted by molar-refractivity contribution is 0.0946. The number of hydrogen-bond donors (Lipinski definition) is 2. The maximum absolute atomic E-state index is 11.8. The van der Waals surface area contributed by atoms with E-state index in [1.54, 1.807) is 19.1 Å². The molecule has 0 aliphatic rings. The van der Waals surface area contributed by atoms with Gasteiger partial charge in [0.15, 0.2) is 5.82 Å². The Kier molecular flexibility index (Phi) is 4.07. The highest BCUT2D eigenvalue weighted by Crippen LogP contribution is 2.05. The highest BCUT2D eigenvalue weighted by atomic mass is 16.5. The van der Waals surface area contributed by atoms with Crippen LogP contribution in [0.4, 0.5) is 5.82 Å². The molecule has 0 saturated carbocycles. The minimum absolute atomic E-state index is 0.203. The summed E-state index contributed by atoms with van der Waals surface area (Å²) in [5.74, 6) is 1.43. The number of amides is 1. The second-order valence-corrected chi connectivity index (χ2v) is 3.88. The Hall–Kier alpha value is -2.44. The number of carbonyl (C=O) groups excluding carboxylic acids is 1. The first-order valence-electron chi connectivity index (χ1n) is 5.96. The second kappa shape index (κ2) is 5.94. The van der Waals surface area contributed by atoms with Crippen molar-refractivity contribution in [2.45, 2.75) is 20.4 Å². The molecular weight excluding hydrogens is 246 g/mol. The molecule has 0 unspecified atom stereocenters. The van der Waals surface area contributed by atoms with Crippen LogP contribution in [-0.4, -0.2) is 27.6 Å². The summed E-state index contributed by atoms with van der Waals surface area (Å²) in [5, 5.41) is 9.38. The maximum Gasteiger partial charge on any atom is 0.253 e. The number of nitrogens with one attached hydrogen (secondary N) is 2. The standard InChI is InChI=1S/C12H15N5O2/c1-3-13-10-5-4-9(6-14-10)12(18)15-7-11-16-8(2)17-19-11/h4-6H,3,7H2,1-2H3,(H,13,14)(H,15,18). The summed E-state index contributed by atoms with van der Waals surface area (Å²) in [6.07, 6.45) is 1.52. The van der Waals surface area contributed by atoms with Crippen LogP contribution in [0.5, 0.6) is 0 Å². The van der Waals surface area contributed by atoms with Gasteiger partial charge in [0.25, 0.3) is 5.91 Å². The number of pyridine rings is 1. The lowest BCUT2D eigenvalue weighted by Crippen LogP contribution is -2.23. The van der Waals surface area contributed by atoms with E-state index in [1.807, 2.05) is 6.92 Å². The Labute approximate surface area is 110 Å². The van der Waals surface area contributed by atoms with E-state index in [0.717, 1.165) is 12.4 Å². The Morgan fingerprint density at radius 2 is 2.26 bits per heavy atom. The normalized spacial score (nSPS) is 10.2. The SMILES string of the molecule is CCNc1ccc(C(=O)NCc2nc(C)no2)cn1. The van der Waals surface area contributed by atoms with Gasteiger partial charge in [0.1, 0.15) is 5.82 Å². The number of carbonyl (C=O) groups is 1. The number of aryl methyl sites for hydroxylation is 1. The van der Waals surface area contributed by atoms with Crippen LogP contribution in [0.15, 0.2) is 22.9 Å². The first kappa shape index (κ1) is 13.0. The number of nitrogens with zero attached hydrogens (tertiary/aromatic N) is 3. The zero-order valence-electron chi connectivity index (χ0n) is 10.8. The van der Waals surface area contributed by atoms with Gasteiger partial charge in [-0.05, 0) is 26.0 Å². The van der Waals surface area contributed by atoms with Crippen molar-refractivity contribution in [1.29, 1.82) is 0 Å². The van der Waals surface area contributed by atoms with Crippen LogP contribution in [0.25, 0.3) is 0 Å². The van der Waals surface area contributed by atoms with Gasteiger partial charge in [-0.3, -0.25) is 4.79 Å². The van der Waals surface area contributed by atoms with Crippen molar-refractivity contribution < 1.29 is 9.32 Å². The summed E-state index contributed by atoms with van der Waals surface area (Å²) in [6.45, 7) is 4.69. The van der Waals surface area contributed by atoms with Crippen LogP contribution in [0.3, 0.4) is 0 Å². The number of anilines is 1. The average Bonchev–Trinajstić information content (AvgIpc) is 2.83. The zero-order chi connectivity index (χ0) is 13.7. The molecular formula is C12H15N5O2. The van der Waals surface area contributed by atoms with E-state index in [4.69, 9.17) is 4.52 Å². The van der Waals surface area contributed by atoms with Crippen LogP contribution in [-0.2, 0) is 6.54 Å². The van der Waals surface area contributed by atoms with Crippen LogP contribution in [0, 0.1) is 6.92 Å². The maximum atomic E-state index is 11.8. The number of hydrogen-bond acceptors (Lipinski definition) is 6. The minimum atomic E-state index is -0.230. The van der Waals surface area contributed by atoms with E-state index in [1.165, 1.54) is 6.20 Å². The van der Waals surface area contributed by atoms with Crippen molar-refractivity contribution in [3.05, 3.63) is 35.6 Å². The van der Waals surface area contributed by atoms with Gasteiger partial charge in [0.05, 0.1) is 12.1 Å². The molecule has 1 amide bonds. The van der Waals surface area contributed by atoms with E-state index in [-0.39, 0.29) is 12.5 Å². The van der Waals surface area contributed by atoms with Crippen molar-refractivity contribution in [1.82, 2.24) is 20.4 Å². The molecule has 2 heterocycles. The van der Waals surface area contributed by atoms with Crippen LogP contribution >= 0.6 is 0 Å². The Morgan fingerprint density at radius 1 is 1.42 bits per heavy atom. The molecule has 100 valence electrons. The van der Waals surface area contributed by atoms with Gasteiger partial charge in [-0.1, -0.05) is 5.16 Å². The number of aromatic nitrogens is 3. The molecule has 0 aromatic carbocycles. The van der Waals surface area contributed by atoms with Gasteiger partial charge in [0.2, 0.25) is 5.89 Å². The fraction of sp³-hybridized carbons (Fsp3) is 0.333. The molecule has 0 bridgehead atoms. The Bertz CT molecular complexity index is 550. The fourth-order valence-corrected chi connectivity index (χ4v) is 1.48. The molecule has 2 aromatic rings. The van der Waals surface area contributed by atoms with Gasteiger partial charge < -0.3 is 15.2 Å². The topological polar surface area (TPSA) is 92.9 Å². The monoisotopic (exact) mass is 261 g/mol. The molecule has 0 atom stereocenters. The first-order chi connectivity index (χ1) is 9.19. The zero-order valence-corrected chi connectivity index (χ0v) is 10.8. The molecule has 2 rings (SSSR count). The molecule has 0 fully saturated rings. The van der Waals surface area contributed by atoms with Crippen molar-refractivity contribution in [2.75, 3.05) is 11.9 Å². The van der Waals surface area contributed by atoms with Gasteiger partial charge >= 0.3 is 0 Å². The van der Waals surface area contributed by atoms with E-state index in [9.17, 15) is 4.79 Å². The second-order valence-electron chi connectivity index (χ2n) is 3.88. The fourth-order valence-electron chi connectivity index (χ4n) is 1.48. The van der Waals surface area contributed by atoms with Gasteiger partial charge in [-0.15, -0.1) is 0 Å². The molecule has 7 heteroatoms. The van der Waals surface area contributed by atoms with Crippen molar-refractivity contribution in [3.63, 3.8) is 0 Å². The third kappa shape index (κ3) is 3.51. The Morgan fingerprint density at radius 3 is 2.84 bits per heavy atom. The minimum Gasteiger partial charge on any atom is -0.370 e. The van der Waals surface area contributed by atoms with Crippen molar-refractivity contribution in [2.24, 2.45) is 0 Å². The van der Waals surface area contributed by atoms with Crippen LogP contribution < -0.4 is 10.6 Å². The van der Waals surface area contributed by atoms with E-state index >= 15 is 0 Å². The predicted molar refractivity (Wildman–Crippen MR) is 68.6 cm³/mol. The average molecular weight is 261 g/mol. The molecule has 2 aromatic heterocycles. The molecule has 0 radical (unpaired) electrons. The van der Waals surface area contributed by atoms with E-state index in [2.05, 4.69) is 25.8 Å². The summed E-state index contributed by atoms with van der Waals surface area (Å²) >= 11 is 0. The summed E-state index contributed by atoms with van der Waals surface area (Å²) in [6, 6.07) is 3.47. The lowest BCUT2D eigenvalue weighted by atomic mass is 10.2. The summed E-state index contributed by atoms with van der Waals surface area (Å²) < 4.78 is 4.90. The third-order valence-electron chi connectivity index (χ3n) is 2.35. The van der Waals surface area contributed by atoms with Crippen LogP contribution in [0.1, 0.15) is 29.0 Å². The van der Waals surface area contributed by atoms with Crippen LogP contribution in [0.2, 0.25) is 0 Å². The lowest BCUT2D eigenvalue weighted by Gasteiger charge is -2.04. The number of rotatable bonds is 5. The summed E-state index contributed by atoms with van der Waals surface area (Å²) in [4.78, 5) is 20.0. The first-order valence-corrected chi connectivity index (χ1v) is 5.96. The molecule has 7 nitrogen and oxygen atoms in total. The highest BCUT2D eigenvalue weighted by Gasteiger charge is 2.08. The molecule has 0 spiro atoms. The molecule has 0 aliphatic heterocycles. The third-order valence-corrected chi connectivity index (χ3v) is 2.35. The largest absolute Gasteiger partial charge is 0.370 e. The molecule has 0 saturated heterocycles. The predicted octanol–water partition coefficient (Wildman–Crippen LogP) is 1.13. The molecule has 0 aliphatic carbocycles. The summed E-state index contributed by atoms with van der Waals surface area (Å²) in [5.41, 5.74) is 0.484. The van der Waals surface area contributed by atoms with Crippen molar-refractivity contribution in [3.8, 4) is 0 Å². The summed E-state index contributed by atoms with van der Waals surface area (Å²) in [7, 11) is 0. The van der Waals surface area contributed by atoms with E-state index < -0.39 is 0 Å². The Balaban J connectivity index is 1.92. The van der Waals surface area contributed by atoms with Gasteiger partial charge in [0, 0.05) is 12.7 Å². The molecule has 19 heavy (non-hydrogen) atoms. The van der Waals surface area contributed by atoms with E-state index in [0.29, 0.717) is 17.3 Å². The molecule has 2 N–H and O–H groups in total. The van der Waals surface area contributed by atoms with Gasteiger partial charge in [-0.2, -0.15) is 4.98 Å². The highest BCUT2D eigenvalue weighted by molar-refractivity contribution is 5.93. The van der Waals surface area contributed by atoms with Crippen molar-refractivity contribution >= 4 is 11.7 Å². The van der Waals surface area contributed by atoms with Gasteiger partial charge in [-0.25, -0.2) is 4.98 Å². The quantitative estimate of drug-likeness (QED) is 0.838. The smallest absolute Gasteiger partial charge is 0.253 e.